The van der Waals surface area contributed by atoms with E-state index in [1.807, 2.05) is 67.6 Å². The normalized spacial score (nSPS) is 18.8. The summed E-state index contributed by atoms with van der Waals surface area (Å²) in [6.07, 6.45) is 2.13. The summed E-state index contributed by atoms with van der Waals surface area (Å²) in [6, 6.07) is 18.2. The van der Waals surface area contributed by atoms with E-state index in [2.05, 4.69) is 10.6 Å². The van der Waals surface area contributed by atoms with Crippen LogP contribution in [0.4, 0.5) is 4.79 Å². The zero-order valence-electron chi connectivity index (χ0n) is 16.0. The average Bonchev–Trinajstić information content (AvgIpc) is 2.95. The highest BCUT2D eigenvalue weighted by Crippen LogP contribution is 2.32. The number of carbonyl (C=O) groups excluding carboxylic acids is 3. The monoisotopic (exact) mass is 379 g/mol. The highest BCUT2D eigenvalue weighted by atomic mass is 16.2. The lowest BCUT2D eigenvalue weighted by atomic mass is 9.83. The van der Waals surface area contributed by atoms with Gasteiger partial charge in [-0.15, -0.1) is 0 Å². The number of nitrogens with one attached hydrogen (secondary N) is 2. The quantitative estimate of drug-likeness (QED) is 0.547. The van der Waals surface area contributed by atoms with Crippen molar-refractivity contribution in [2.24, 2.45) is 0 Å². The number of rotatable bonds is 8. The Morgan fingerprint density at radius 3 is 2.32 bits per heavy atom. The maximum absolute atomic E-state index is 13.4. The molecule has 3 rings (SSSR count). The standard InChI is InChI=1S/C22H25N3O3/c1-2-3-14-23-19(26)16-25-20(27)22(24-21(25)28,18-12-8-5-9-13-18)15-17-10-6-4-7-11-17/h4-13H,2-3,14-16H2,1H3,(H,23,26)(H,24,28)/t22-/m0/s1. The fourth-order valence-electron chi connectivity index (χ4n) is 3.42. The molecule has 0 unspecified atom stereocenters. The van der Waals surface area contributed by atoms with Gasteiger partial charge in [0.15, 0.2) is 5.54 Å². The largest absolute Gasteiger partial charge is 0.355 e. The molecule has 0 saturated carbocycles. The molecule has 0 radical (unpaired) electrons. The number of benzene rings is 2. The van der Waals surface area contributed by atoms with Gasteiger partial charge >= 0.3 is 6.03 Å². The van der Waals surface area contributed by atoms with E-state index in [4.69, 9.17) is 0 Å². The molecular weight excluding hydrogens is 354 g/mol. The first-order valence-electron chi connectivity index (χ1n) is 9.57. The molecule has 1 atom stereocenters. The predicted molar refractivity (Wildman–Crippen MR) is 106 cm³/mol. The van der Waals surface area contributed by atoms with E-state index < -0.39 is 17.5 Å². The van der Waals surface area contributed by atoms with E-state index in [9.17, 15) is 14.4 Å². The van der Waals surface area contributed by atoms with Crippen molar-refractivity contribution in [1.29, 1.82) is 0 Å². The molecule has 1 aliphatic rings. The summed E-state index contributed by atoms with van der Waals surface area (Å²) in [5.74, 6) is -0.737. The molecule has 6 nitrogen and oxygen atoms in total. The lowest BCUT2D eigenvalue weighted by Gasteiger charge is -2.27. The van der Waals surface area contributed by atoms with Crippen molar-refractivity contribution in [1.82, 2.24) is 15.5 Å². The first-order valence-corrected chi connectivity index (χ1v) is 9.57. The van der Waals surface area contributed by atoms with E-state index in [1.54, 1.807) is 0 Å². The van der Waals surface area contributed by atoms with Gasteiger partial charge in [-0.2, -0.15) is 0 Å². The Morgan fingerprint density at radius 1 is 1.04 bits per heavy atom. The van der Waals surface area contributed by atoms with Crippen LogP contribution in [0.15, 0.2) is 60.7 Å². The summed E-state index contributed by atoms with van der Waals surface area (Å²) in [6.45, 7) is 2.28. The van der Waals surface area contributed by atoms with Gasteiger partial charge in [-0.25, -0.2) is 4.79 Å². The maximum atomic E-state index is 13.4. The molecule has 1 saturated heterocycles. The minimum absolute atomic E-state index is 0.280. The average molecular weight is 379 g/mol. The fourth-order valence-corrected chi connectivity index (χ4v) is 3.42. The van der Waals surface area contributed by atoms with Crippen molar-refractivity contribution in [2.45, 2.75) is 31.7 Å². The van der Waals surface area contributed by atoms with Crippen LogP contribution in [-0.4, -0.2) is 35.8 Å². The minimum Gasteiger partial charge on any atom is -0.355 e. The molecule has 0 aliphatic carbocycles. The van der Waals surface area contributed by atoms with Gasteiger partial charge in [-0.3, -0.25) is 14.5 Å². The van der Waals surface area contributed by atoms with Crippen LogP contribution in [0, 0.1) is 0 Å². The zero-order chi connectivity index (χ0) is 20.0. The van der Waals surface area contributed by atoms with Crippen molar-refractivity contribution < 1.29 is 14.4 Å². The Kier molecular flexibility index (Phi) is 6.09. The molecule has 2 aromatic carbocycles. The molecule has 28 heavy (non-hydrogen) atoms. The van der Waals surface area contributed by atoms with Gasteiger partial charge in [-0.1, -0.05) is 74.0 Å². The third-order valence-electron chi connectivity index (χ3n) is 4.91. The van der Waals surface area contributed by atoms with Crippen molar-refractivity contribution in [3.8, 4) is 0 Å². The Morgan fingerprint density at radius 2 is 1.68 bits per heavy atom. The molecule has 1 aliphatic heterocycles. The van der Waals surface area contributed by atoms with Gasteiger partial charge in [0, 0.05) is 13.0 Å². The van der Waals surface area contributed by atoms with Crippen molar-refractivity contribution in [3.05, 3.63) is 71.8 Å². The van der Waals surface area contributed by atoms with Crippen LogP contribution in [0.25, 0.3) is 0 Å². The number of carbonyl (C=O) groups is 3. The summed E-state index contributed by atoms with van der Waals surface area (Å²) in [4.78, 5) is 39.2. The molecule has 0 spiro atoms. The van der Waals surface area contributed by atoms with E-state index in [0.29, 0.717) is 18.5 Å². The topological polar surface area (TPSA) is 78.5 Å². The van der Waals surface area contributed by atoms with Crippen LogP contribution in [0.2, 0.25) is 0 Å². The lowest BCUT2D eigenvalue weighted by molar-refractivity contribution is -0.135. The Hall–Kier alpha value is -3.15. The summed E-state index contributed by atoms with van der Waals surface area (Å²) in [5, 5.41) is 5.62. The van der Waals surface area contributed by atoms with Gasteiger partial charge in [0.05, 0.1) is 0 Å². The van der Waals surface area contributed by atoms with Crippen LogP contribution in [0.3, 0.4) is 0 Å². The van der Waals surface area contributed by atoms with E-state index in [0.717, 1.165) is 23.3 Å². The molecule has 6 heteroatoms. The number of hydrogen-bond acceptors (Lipinski definition) is 3. The van der Waals surface area contributed by atoms with E-state index in [1.165, 1.54) is 0 Å². The lowest BCUT2D eigenvalue weighted by Crippen LogP contribution is -2.47. The second-order valence-electron chi connectivity index (χ2n) is 6.96. The summed E-state index contributed by atoms with van der Waals surface area (Å²) in [7, 11) is 0. The molecule has 0 aromatic heterocycles. The third-order valence-corrected chi connectivity index (χ3v) is 4.91. The molecule has 4 amide bonds. The smallest absolute Gasteiger partial charge is 0.325 e. The number of nitrogens with zero attached hydrogens (tertiary/aromatic N) is 1. The van der Waals surface area contributed by atoms with Crippen molar-refractivity contribution in [3.63, 3.8) is 0 Å². The molecule has 1 heterocycles. The SMILES string of the molecule is CCCCNC(=O)CN1C(=O)N[C@@](Cc2ccccc2)(c2ccccc2)C1=O. The highest BCUT2D eigenvalue weighted by molar-refractivity contribution is 6.09. The van der Waals surface area contributed by atoms with Gasteiger partial charge in [0.1, 0.15) is 6.54 Å². The second kappa shape index (κ2) is 8.69. The maximum Gasteiger partial charge on any atom is 0.325 e. The van der Waals surface area contributed by atoms with Gasteiger partial charge in [0.25, 0.3) is 5.91 Å². The molecule has 2 aromatic rings. The van der Waals surface area contributed by atoms with Crippen LogP contribution >= 0.6 is 0 Å². The van der Waals surface area contributed by atoms with E-state index in [-0.39, 0.29) is 12.5 Å². The first-order chi connectivity index (χ1) is 13.6. The number of imide groups is 1. The van der Waals surface area contributed by atoms with Gasteiger partial charge in [-0.05, 0) is 17.5 Å². The molecule has 0 bridgehead atoms. The number of amides is 4. The second-order valence-corrected chi connectivity index (χ2v) is 6.96. The summed E-state index contributed by atoms with van der Waals surface area (Å²) in [5.41, 5.74) is 0.406. The van der Waals surface area contributed by atoms with Crippen LogP contribution < -0.4 is 10.6 Å². The minimum atomic E-state index is -1.22. The molecular formula is C22H25N3O3. The molecule has 146 valence electrons. The van der Waals surface area contributed by atoms with Crippen LogP contribution in [0.5, 0.6) is 0 Å². The van der Waals surface area contributed by atoms with Gasteiger partial charge in [0.2, 0.25) is 5.91 Å². The number of unbranched alkanes of at least 4 members (excludes halogenated alkanes) is 1. The summed E-state index contributed by atoms with van der Waals surface area (Å²) >= 11 is 0. The predicted octanol–water partition coefficient (Wildman–Crippen LogP) is 2.59. The fraction of sp³-hybridized carbons (Fsp3) is 0.318. The van der Waals surface area contributed by atoms with Crippen LogP contribution in [0.1, 0.15) is 30.9 Å². The highest BCUT2D eigenvalue weighted by Gasteiger charge is 2.52. The Bertz CT molecular complexity index is 839. The third kappa shape index (κ3) is 4.06. The van der Waals surface area contributed by atoms with Gasteiger partial charge < -0.3 is 10.6 Å². The van der Waals surface area contributed by atoms with Crippen molar-refractivity contribution in [2.75, 3.05) is 13.1 Å². The molecule has 2 N–H and O–H groups in total. The van der Waals surface area contributed by atoms with Crippen LogP contribution in [-0.2, 0) is 21.5 Å². The Balaban J connectivity index is 1.87. The molecule has 1 fully saturated rings. The van der Waals surface area contributed by atoms with Crippen molar-refractivity contribution >= 4 is 17.8 Å². The zero-order valence-corrected chi connectivity index (χ0v) is 16.0. The number of hydrogen-bond donors (Lipinski definition) is 2. The van der Waals surface area contributed by atoms with E-state index >= 15 is 0 Å². The Labute approximate surface area is 164 Å². The summed E-state index contributed by atoms with van der Waals surface area (Å²) < 4.78 is 0. The first kappa shape index (κ1) is 19.6. The number of urea groups is 1.